The molecule has 0 radical (unpaired) electrons. The largest absolute Gasteiger partial charge is 0.350 e. The summed E-state index contributed by atoms with van der Waals surface area (Å²) in [6, 6.07) is 0. The Balaban J connectivity index is 1.55. The van der Waals surface area contributed by atoms with E-state index < -0.39 is 0 Å². The molecule has 0 bridgehead atoms. The van der Waals surface area contributed by atoms with Crippen LogP contribution >= 0.6 is 11.3 Å². The molecule has 3 N–H and O–H groups in total. The molecule has 6 nitrogen and oxygen atoms in total. The van der Waals surface area contributed by atoms with Crippen LogP contribution in [-0.4, -0.2) is 34.2 Å². The highest BCUT2D eigenvalue weighted by Gasteiger charge is 2.21. The van der Waals surface area contributed by atoms with Gasteiger partial charge in [0.25, 0.3) is 5.91 Å². The lowest BCUT2D eigenvalue weighted by atomic mass is 10.1. The molecule has 0 fully saturated rings. The molecule has 2 aromatic heterocycles. The Hall–Kier alpha value is -1.73. The Morgan fingerprint density at radius 1 is 1.50 bits per heavy atom. The maximum atomic E-state index is 12.2. The molecule has 0 aromatic carbocycles. The van der Waals surface area contributed by atoms with Crippen LogP contribution in [0.25, 0.3) is 0 Å². The van der Waals surface area contributed by atoms with Gasteiger partial charge >= 0.3 is 0 Å². The van der Waals surface area contributed by atoms with Crippen LogP contribution in [-0.2, 0) is 19.4 Å². The standard InChI is InChI=1S/C15H21N5OS/c1-9(2)15-18-10(8-22-15)3-6-17-14(21)13-11-4-5-16-7-12(11)19-20-13/h8-9,16H,3-7H2,1-2H3,(H,17,21)(H,19,20). The Bertz CT molecular complexity index is 661. The predicted octanol–water partition coefficient (Wildman–Crippen LogP) is 1.61. The zero-order valence-corrected chi connectivity index (χ0v) is 13.7. The van der Waals surface area contributed by atoms with Gasteiger partial charge < -0.3 is 10.6 Å². The summed E-state index contributed by atoms with van der Waals surface area (Å²) in [4.78, 5) is 16.8. The molecule has 0 saturated heterocycles. The highest BCUT2D eigenvalue weighted by atomic mass is 32.1. The van der Waals surface area contributed by atoms with E-state index in [1.54, 1.807) is 11.3 Å². The molecule has 2 aromatic rings. The van der Waals surface area contributed by atoms with Crippen LogP contribution in [0, 0.1) is 0 Å². The number of carbonyl (C=O) groups excluding carboxylic acids is 1. The van der Waals surface area contributed by atoms with E-state index in [1.807, 2.05) is 0 Å². The van der Waals surface area contributed by atoms with Crippen LogP contribution in [0.5, 0.6) is 0 Å². The molecule has 118 valence electrons. The Morgan fingerprint density at radius 3 is 3.14 bits per heavy atom. The van der Waals surface area contributed by atoms with Gasteiger partial charge in [-0.2, -0.15) is 5.10 Å². The monoisotopic (exact) mass is 319 g/mol. The van der Waals surface area contributed by atoms with E-state index in [9.17, 15) is 4.79 Å². The van der Waals surface area contributed by atoms with Gasteiger partial charge in [-0.1, -0.05) is 13.8 Å². The van der Waals surface area contributed by atoms with Crippen molar-refractivity contribution < 1.29 is 4.79 Å². The normalized spacial score (nSPS) is 14.1. The summed E-state index contributed by atoms with van der Waals surface area (Å²) in [5.74, 6) is 0.358. The van der Waals surface area contributed by atoms with Crippen molar-refractivity contribution in [2.75, 3.05) is 13.1 Å². The first-order valence-corrected chi connectivity index (χ1v) is 8.52. The van der Waals surface area contributed by atoms with Gasteiger partial charge in [-0.05, 0) is 13.0 Å². The zero-order valence-electron chi connectivity index (χ0n) is 12.9. The molecule has 0 unspecified atom stereocenters. The lowest BCUT2D eigenvalue weighted by Crippen LogP contribution is -2.29. The summed E-state index contributed by atoms with van der Waals surface area (Å²) in [6.45, 7) is 6.51. The summed E-state index contributed by atoms with van der Waals surface area (Å²) in [7, 11) is 0. The number of H-pyrrole nitrogens is 1. The Kier molecular flexibility index (Phi) is 4.54. The van der Waals surface area contributed by atoms with Crippen LogP contribution in [0.1, 0.15) is 52.2 Å². The molecule has 22 heavy (non-hydrogen) atoms. The van der Waals surface area contributed by atoms with Gasteiger partial charge in [-0.3, -0.25) is 9.89 Å². The first-order chi connectivity index (χ1) is 10.6. The van der Waals surface area contributed by atoms with Crippen molar-refractivity contribution in [2.24, 2.45) is 0 Å². The number of amides is 1. The molecule has 3 rings (SSSR count). The maximum absolute atomic E-state index is 12.2. The molecule has 0 saturated carbocycles. The minimum atomic E-state index is -0.0984. The number of fused-ring (bicyclic) bond motifs is 1. The van der Waals surface area contributed by atoms with Crippen molar-refractivity contribution in [1.29, 1.82) is 0 Å². The van der Waals surface area contributed by atoms with E-state index in [0.717, 1.165) is 47.9 Å². The molecule has 0 atom stereocenters. The zero-order chi connectivity index (χ0) is 15.5. The number of aromatic nitrogens is 3. The number of carbonyl (C=O) groups is 1. The fraction of sp³-hybridized carbons (Fsp3) is 0.533. The summed E-state index contributed by atoms with van der Waals surface area (Å²) in [5.41, 5.74) is 3.66. The maximum Gasteiger partial charge on any atom is 0.272 e. The molecule has 1 amide bonds. The van der Waals surface area contributed by atoms with E-state index >= 15 is 0 Å². The van der Waals surface area contributed by atoms with Gasteiger partial charge in [-0.15, -0.1) is 11.3 Å². The predicted molar refractivity (Wildman–Crippen MR) is 86.2 cm³/mol. The molecule has 0 spiro atoms. The van der Waals surface area contributed by atoms with Crippen molar-refractivity contribution in [3.05, 3.63) is 33.0 Å². The molecule has 3 heterocycles. The summed E-state index contributed by atoms with van der Waals surface area (Å²) in [6.07, 6.45) is 1.60. The van der Waals surface area contributed by atoms with Gasteiger partial charge in [0.1, 0.15) is 0 Å². The van der Waals surface area contributed by atoms with E-state index in [2.05, 4.69) is 45.0 Å². The average molecular weight is 319 g/mol. The van der Waals surface area contributed by atoms with E-state index in [4.69, 9.17) is 0 Å². The Labute approximate surface area is 133 Å². The van der Waals surface area contributed by atoms with E-state index in [1.165, 1.54) is 0 Å². The van der Waals surface area contributed by atoms with Crippen molar-refractivity contribution in [3.8, 4) is 0 Å². The van der Waals surface area contributed by atoms with Crippen molar-refractivity contribution in [2.45, 2.75) is 39.2 Å². The molecule has 1 aliphatic rings. The summed E-state index contributed by atoms with van der Waals surface area (Å²) in [5, 5.41) is 16.5. The van der Waals surface area contributed by atoms with Gasteiger partial charge in [0.2, 0.25) is 0 Å². The molecule has 1 aliphatic heterocycles. The number of aromatic amines is 1. The quantitative estimate of drug-likeness (QED) is 0.782. The molecular formula is C15H21N5OS. The minimum Gasteiger partial charge on any atom is -0.350 e. The lowest BCUT2D eigenvalue weighted by Gasteiger charge is -2.12. The first-order valence-electron chi connectivity index (χ1n) is 7.64. The minimum absolute atomic E-state index is 0.0984. The van der Waals surface area contributed by atoms with Crippen LogP contribution in [0.15, 0.2) is 5.38 Å². The summed E-state index contributed by atoms with van der Waals surface area (Å²) >= 11 is 1.68. The second-order valence-electron chi connectivity index (χ2n) is 5.79. The van der Waals surface area contributed by atoms with Crippen molar-refractivity contribution in [3.63, 3.8) is 0 Å². The molecular weight excluding hydrogens is 298 g/mol. The van der Waals surface area contributed by atoms with Gasteiger partial charge in [0, 0.05) is 36.4 Å². The average Bonchev–Trinajstić information content (AvgIpc) is 3.13. The number of thiazole rings is 1. The fourth-order valence-electron chi connectivity index (χ4n) is 2.52. The summed E-state index contributed by atoms with van der Waals surface area (Å²) < 4.78 is 0. The third kappa shape index (κ3) is 3.20. The fourth-order valence-corrected chi connectivity index (χ4v) is 3.39. The van der Waals surface area contributed by atoms with Crippen LogP contribution < -0.4 is 10.6 Å². The molecule has 0 aliphatic carbocycles. The highest BCUT2D eigenvalue weighted by Crippen LogP contribution is 2.19. The number of nitrogens with zero attached hydrogens (tertiary/aromatic N) is 2. The third-order valence-electron chi connectivity index (χ3n) is 3.75. The third-order valence-corrected chi connectivity index (χ3v) is 4.95. The highest BCUT2D eigenvalue weighted by molar-refractivity contribution is 7.09. The number of hydrogen-bond donors (Lipinski definition) is 3. The smallest absolute Gasteiger partial charge is 0.272 e. The van der Waals surface area contributed by atoms with E-state index in [0.29, 0.717) is 18.2 Å². The topological polar surface area (TPSA) is 82.7 Å². The second kappa shape index (κ2) is 6.58. The van der Waals surface area contributed by atoms with E-state index in [-0.39, 0.29) is 5.91 Å². The number of hydrogen-bond acceptors (Lipinski definition) is 5. The lowest BCUT2D eigenvalue weighted by molar-refractivity contribution is 0.0948. The van der Waals surface area contributed by atoms with Crippen molar-refractivity contribution in [1.82, 2.24) is 25.8 Å². The van der Waals surface area contributed by atoms with Crippen molar-refractivity contribution >= 4 is 17.2 Å². The van der Waals surface area contributed by atoms with Gasteiger partial charge in [0.05, 0.1) is 16.4 Å². The first kappa shape index (κ1) is 15.2. The van der Waals surface area contributed by atoms with Crippen LogP contribution in [0.4, 0.5) is 0 Å². The number of nitrogens with one attached hydrogen (secondary N) is 3. The van der Waals surface area contributed by atoms with Gasteiger partial charge in [0.15, 0.2) is 5.69 Å². The van der Waals surface area contributed by atoms with Crippen LogP contribution in [0.2, 0.25) is 0 Å². The van der Waals surface area contributed by atoms with Crippen LogP contribution in [0.3, 0.4) is 0 Å². The second-order valence-corrected chi connectivity index (χ2v) is 6.68. The number of rotatable bonds is 5. The molecule has 7 heteroatoms. The SMILES string of the molecule is CC(C)c1nc(CCNC(=O)c2n[nH]c3c2CCNC3)cs1. The van der Waals surface area contributed by atoms with Gasteiger partial charge in [-0.25, -0.2) is 4.98 Å². The Morgan fingerprint density at radius 2 is 2.36 bits per heavy atom.